The Morgan fingerprint density at radius 1 is 0.800 bits per heavy atom. The van der Waals surface area contributed by atoms with Gasteiger partial charge in [-0.2, -0.15) is 0 Å². The molecule has 6 nitrogen and oxygen atoms in total. The second kappa shape index (κ2) is 10.3. The lowest BCUT2D eigenvalue weighted by Gasteiger charge is -2.10. The average molecular weight is 400 g/mol. The number of hydrogen-bond donors (Lipinski definition) is 2. The minimum absolute atomic E-state index is 0.0634. The van der Waals surface area contributed by atoms with Crippen molar-refractivity contribution in [3.05, 3.63) is 90.0 Å². The van der Waals surface area contributed by atoms with Gasteiger partial charge in [0, 0.05) is 0 Å². The fourth-order valence-corrected chi connectivity index (χ4v) is 2.60. The third kappa shape index (κ3) is 5.63. The van der Waals surface area contributed by atoms with Crippen LogP contribution in [-0.2, 0) is 0 Å². The zero-order valence-electron chi connectivity index (χ0n) is 16.1. The van der Waals surface area contributed by atoms with Crippen molar-refractivity contribution in [1.82, 2.24) is 5.32 Å². The first kappa shape index (κ1) is 20.5. The van der Waals surface area contributed by atoms with E-state index >= 15 is 0 Å². The standard InChI is InChI=1S/C24H20N2O4/c25-23(27)19-12-4-6-14-21(19)29-17-9-8-16-26-24(28)20-13-5-7-15-22(20)30-18-10-2-1-3-11-18/h1-7,10-15H,16-17H2,(H2,25,27)(H,26,28). The number of carbonyl (C=O) groups is 2. The third-order valence-corrected chi connectivity index (χ3v) is 4.02. The molecule has 3 rings (SSSR count). The largest absolute Gasteiger partial charge is 0.480 e. The summed E-state index contributed by atoms with van der Waals surface area (Å²) in [5, 5.41) is 2.73. The topological polar surface area (TPSA) is 90.7 Å². The van der Waals surface area contributed by atoms with Crippen LogP contribution in [0.5, 0.6) is 17.2 Å². The van der Waals surface area contributed by atoms with E-state index in [1.165, 1.54) is 0 Å². The van der Waals surface area contributed by atoms with Crippen molar-refractivity contribution in [2.75, 3.05) is 13.2 Å². The van der Waals surface area contributed by atoms with Gasteiger partial charge in [0.25, 0.3) is 11.8 Å². The normalized spacial score (nSPS) is 9.73. The molecule has 0 aromatic heterocycles. The summed E-state index contributed by atoms with van der Waals surface area (Å²) in [6, 6.07) is 22.9. The summed E-state index contributed by atoms with van der Waals surface area (Å²) in [5.41, 5.74) is 6.01. The van der Waals surface area contributed by atoms with Gasteiger partial charge in [-0.1, -0.05) is 54.3 Å². The molecule has 3 N–H and O–H groups in total. The van der Waals surface area contributed by atoms with E-state index in [1.54, 1.807) is 48.5 Å². The lowest BCUT2D eigenvalue weighted by molar-refractivity contribution is 0.0954. The molecule has 0 unspecified atom stereocenters. The van der Waals surface area contributed by atoms with Crippen LogP contribution in [0.1, 0.15) is 20.7 Å². The van der Waals surface area contributed by atoms with Crippen LogP contribution in [0.25, 0.3) is 0 Å². The number of primary amides is 1. The van der Waals surface area contributed by atoms with Crippen LogP contribution in [0.15, 0.2) is 78.9 Å². The molecule has 6 heteroatoms. The molecule has 3 aromatic carbocycles. The lowest BCUT2D eigenvalue weighted by Crippen LogP contribution is -2.24. The van der Waals surface area contributed by atoms with Crippen molar-refractivity contribution in [1.29, 1.82) is 0 Å². The Morgan fingerprint density at radius 3 is 2.17 bits per heavy atom. The van der Waals surface area contributed by atoms with Gasteiger partial charge in [0.1, 0.15) is 23.9 Å². The van der Waals surface area contributed by atoms with Crippen LogP contribution in [-0.4, -0.2) is 25.0 Å². The van der Waals surface area contributed by atoms with Gasteiger partial charge in [-0.05, 0) is 36.4 Å². The number of nitrogens with one attached hydrogen (secondary N) is 1. The van der Waals surface area contributed by atoms with Crippen LogP contribution in [0.4, 0.5) is 0 Å². The van der Waals surface area contributed by atoms with Crippen LogP contribution >= 0.6 is 0 Å². The molecule has 0 aliphatic rings. The first-order chi connectivity index (χ1) is 14.6. The highest BCUT2D eigenvalue weighted by atomic mass is 16.5. The van der Waals surface area contributed by atoms with Crippen molar-refractivity contribution >= 4 is 11.8 Å². The number of rotatable bonds is 7. The Kier molecular flexibility index (Phi) is 7.07. The average Bonchev–Trinajstić information content (AvgIpc) is 2.77. The van der Waals surface area contributed by atoms with Crippen molar-refractivity contribution < 1.29 is 19.1 Å². The van der Waals surface area contributed by atoms with Crippen molar-refractivity contribution in [3.63, 3.8) is 0 Å². The molecule has 30 heavy (non-hydrogen) atoms. The van der Waals surface area contributed by atoms with E-state index in [9.17, 15) is 9.59 Å². The molecule has 0 heterocycles. The molecule has 3 aromatic rings. The number of hydrogen-bond acceptors (Lipinski definition) is 4. The van der Waals surface area contributed by atoms with Gasteiger partial charge < -0.3 is 20.5 Å². The Labute approximate surface area is 174 Å². The quantitative estimate of drug-likeness (QED) is 0.595. The fourth-order valence-electron chi connectivity index (χ4n) is 2.60. The smallest absolute Gasteiger partial charge is 0.255 e. The molecule has 0 aliphatic carbocycles. The number of carbonyl (C=O) groups excluding carboxylic acids is 2. The van der Waals surface area contributed by atoms with E-state index in [0.29, 0.717) is 28.4 Å². The van der Waals surface area contributed by atoms with Crippen LogP contribution in [0, 0.1) is 11.8 Å². The molecule has 2 amide bonds. The van der Waals surface area contributed by atoms with Crippen LogP contribution in [0.3, 0.4) is 0 Å². The fraction of sp³-hybridized carbons (Fsp3) is 0.0833. The minimum Gasteiger partial charge on any atom is -0.480 e. The highest BCUT2D eigenvalue weighted by Gasteiger charge is 2.12. The Balaban J connectivity index is 1.53. The predicted molar refractivity (Wildman–Crippen MR) is 114 cm³/mol. The van der Waals surface area contributed by atoms with E-state index in [2.05, 4.69) is 17.2 Å². The first-order valence-corrected chi connectivity index (χ1v) is 9.22. The van der Waals surface area contributed by atoms with Gasteiger partial charge in [0.2, 0.25) is 0 Å². The molecule has 150 valence electrons. The highest BCUT2D eigenvalue weighted by Crippen LogP contribution is 2.24. The van der Waals surface area contributed by atoms with E-state index in [4.69, 9.17) is 15.2 Å². The molecule has 0 aliphatic heterocycles. The summed E-state index contributed by atoms with van der Waals surface area (Å²) in [6.45, 7) is 0.202. The molecule has 0 saturated carbocycles. The molecular formula is C24H20N2O4. The van der Waals surface area contributed by atoms with Gasteiger partial charge in [0.15, 0.2) is 0 Å². The van der Waals surface area contributed by atoms with E-state index in [-0.39, 0.29) is 19.1 Å². The van der Waals surface area contributed by atoms with Crippen molar-refractivity contribution in [2.45, 2.75) is 0 Å². The van der Waals surface area contributed by atoms with Gasteiger partial charge in [-0.15, -0.1) is 0 Å². The maximum absolute atomic E-state index is 12.5. The van der Waals surface area contributed by atoms with E-state index in [1.807, 2.05) is 30.3 Å². The second-order valence-electron chi connectivity index (χ2n) is 6.10. The van der Waals surface area contributed by atoms with Crippen LogP contribution < -0.4 is 20.5 Å². The van der Waals surface area contributed by atoms with Crippen molar-refractivity contribution in [3.8, 4) is 29.1 Å². The van der Waals surface area contributed by atoms with Gasteiger partial charge in [-0.25, -0.2) is 0 Å². The third-order valence-electron chi connectivity index (χ3n) is 4.02. The van der Waals surface area contributed by atoms with E-state index in [0.717, 1.165) is 0 Å². The molecule has 0 atom stereocenters. The van der Waals surface area contributed by atoms with Gasteiger partial charge >= 0.3 is 0 Å². The first-order valence-electron chi connectivity index (χ1n) is 9.22. The monoisotopic (exact) mass is 400 g/mol. The summed E-state index contributed by atoms with van der Waals surface area (Å²) < 4.78 is 11.3. The number of ether oxygens (including phenoxy) is 2. The highest BCUT2D eigenvalue weighted by molar-refractivity contribution is 5.97. The summed E-state index contributed by atoms with van der Waals surface area (Å²) in [5.74, 6) is 6.21. The summed E-state index contributed by atoms with van der Waals surface area (Å²) in [4.78, 5) is 23.8. The lowest BCUT2D eigenvalue weighted by atomic mass is 10.2. The van der Waals surface area contributed by atoms with Crippen molar-refractivity contribution in [2.24, 2.45) is 5.73 Å². The second-order valence-corrected chi connectivity index (χ2v) is 6.10. The number of amides is 2. The number of nitrogens with two attached hydrogens (primary N) is 1. The molecule has 0 spiro atoms. The zero-order valence-corrected chi connectivity index (χ0v) is 16.1. The Bertz CT molecular complexity index is 1080. The molecule has 0 fully saturated rings. The number of benzene rings is 3. The number of para-hydroxylation sites is 3. The Morgan fingerprint density at radius 2 is 1.43 bits per heavy atom. The molecule has 0 saturated heterocycles. The maximum atomic E-state index is 12.5. The Hall–Kier alpha value is -4.24. The maximum Gasteiger partial charge on any atom is 0.255 e. The molecular weight excluding hydrogens is 380 g/mol. The van der Waals surface area contributed by atoms with E-state index < -0.39 is 5.91 Å². The summed E-state index contributed by atoms with van der Waals surface area (Å²) in [7, 11) is 0. The minimum atomic E-state index is -0.567. The zero-order chi connectivity index (χ0) is 21.2. The van der Waals surface area contributed by atoms with Gasteiger partial charge in [-0.3, -0.25) is 9.59 Å². The summed E-state index contributed by atoms with van der Waals surface area (Å²) >= 11 is 0. The van der Waals surface area contributed by atoms with Crippen LogP contribution in [0.2, 0.25) is 0 Å². The van der Waals surface area contributed by atoms with Gasteiger partial charge in [0.05, 0.1) is 17.7 Å². The molecule has 0 radical (unpaired) electrons. The SMILES string of the molecule is NC(=O)c1ccccc1OCC#CCNC(=O)c1ccccc1Oc1ccccc1. The predicted octanol–water partition coefficient (Wildman–Crippen LogP) is 3.39. The summed E-state index contributed by atoms with van der Waals surface area (Å²) in [6.07, 6.45) is 0. The molecule has 0 bridgehead atoms.